The summed E-state index contributed by atoms with van der Waals surface area (Å²) in [6.07, 6.45) is 6.22. The molecule has 0 fully saturated rings. The Balaban J connectivity index is 1.84. The average Bonchev–Trinajstić information content (AvgIpc) is 2.56. The van der Waals surface area contributed by atoms with Gasteiger partial charge < -0.3 is 4.74 Å². The summed E-state index contributed by atoms with van der Waals surface area (Å²) in [6, 6.07) is 15.6. The summed E-state index contributed by atoms with van der Waals surface area (Å²) in [5.41, 5.74) is 5.62. The summed E-state index contributed by atoms with van der Waals surface area (Å²) in [5, 5.41) is 0. The largest absolute Gasteiger partial charge is 0.377 e. The molecule has 0 saturated heterocycles. The maximum atomic E-state index is 5.41. The smallest absolute Gasteiger partial charge is 0.0644 e. The van der Waals surface area contributed by atoms with Gasteiger partial charge >= 0.3 is 0 Å². The lowest BCUT2D eigenvalue weighted by molar-refractivity contribution is 0.158. The van der Waals surface area contributed by atoms with Crippen molar-refractivity contribution in [1.29, 1.82) is 0 Å². The van der Waals surface area contributed by atoms with Gasteiger partial charge in [0, 0.05) is 10.2 Å². The van der Waals surface area contributed by atoms with Crippen LogP contribution in [0.2, 0.25) is 0 Å². The Bertz CT molecular complexity index is 596. The summed E-state index contributed by atoms with van der Waals surface area (Å²) in [6.45, 7) is 7.33. The highest BCUT2D eigenvalue weighted by Crippen LogP contribution is 2.20. The van der Waals surface area contributed by atoms with E-state index in [2.05, 4.69) is 78.6 Å². The minimum Gasteiger partial charge on any atom is -0.377 e. The SMILES string of the molecule is C=CCOCCCCc1ccc(Cc2c(C)cccc2I)cc1. The highest BCUT2D eigenvalue weighted by molar-refractivity contribution is 14.1. The number of hydrogen-bond acceptors (Lipinski definition) is 1. The van der Waals surface area contributed by atoms with Crippen LogP contribution in [0.25, 0.3) is 0 Å². The van der Waals surface area contributed by atoms with Gasteiger partial charge in [-0.05, 0) is 83.5 Å². The zero-order valence-corrected chi connectivity index (χ0v) is 16.0. The first-order chi connectivity index (χ1) is 11.2. The molecule has 0 radical (unpaired) electrons. The normalized spacial score (nSPS) is 10.7. The van der Waals surface area contributed by atoms with Crippen molar-refractivity contribution in [3.8, 4) is 0 Å². The van der Waals surface area contributed by atoms with Crippen LogP contribution in [0.1, 0.15) is 35.1 Å². The third-order valence-corrected chi connectivity index (χ3v) is 5.01. The molecule has 2 aromatic carbocycles. The van der Waals surface area contributed by atoms with Crippen LogP contribution in [0.3, 0.4) is 0 Å². The molecule has 0 aromatic heterocycles. The van der Waals surface area contributed by atoms with Gasteiger partial charge in [0.2, 0.25) is 0 Å². The molecule has 0 atom stereocenters. The Labute approximate surface area is 153 Å². The van der Waals surface area contributed by atoms with Crippen molar-refractivity contribution in [3.63, 3.8) is 0 Å². The number of hydrogen-bond donors (Lipinski definition) is 0. The predicted molar refractivity (Wildman–Crippen MR) is 107 cm³/mol. The number of benzene rings is 2. The summed E-state index contributed by atoms with van der Waals surface area (Å²) < 4.78 is 6.76. The summed E-state index contributed by atoms with van der Waals surface area (Å²) in [5.74, 6) is 0. The Hall–Kier alpha value is -1.13. The van der Waals surface area contributed by atoms with Gasteiger partial charge in [0.1, 0.15) is 0 Å². The van der Waals surface area contributed by atoms with Crippen molar-refractivity contribution < 1.29 is 4.74 Å². The van der Waals surface area contributed by atoms with Crippen LogP contribution in [0.5, 0.6) is 0 Å². The molecule has 0 heterocycles. The first-order valence-electron chi connectivity index (χ1n) is 8.21. The summed E-state index contributed by atoms with van der Waals surface area (Å²) >= 11 is 2.43. The fraction of sp³-hybridized carbons (Fsp3) is 0.333. The first-order valence-corrected chi connectivity index (χ1v) is 9.29. The van der Waals surface area contributed by atoms with Gasteiger partial charge in [0.25, 0.3) is 0 Å². The zero-order valence-electron chi connectivity index (χ0n) is 13.9. The topological polar surface area (TPSA) is 9.23 Å². The van der Waals surface area contributed by atoms with E-state index in [4.69, 9.17) is 4.74 Å². The van der Waals surface area contributed by atoms with Crippen LogP contribution in [0.4, 0.5) is 0 Å². The van der Waals surface area contributed by atoms with Crippen LogP contribution >= 0.6 is 22.6 Å². The fourth-order valence-electron chi connectivity index (χ4n) is 2.62. The predicted octanol–water partition coefficient (Wildman–Crippen LogP) is 5.72. The molecule has 2 aromatic rings. The molecular formula is C21H25IO. The number of ether oxygens (including phenoxy) is 1. The monoisotopic (exact) mass is 420 g/mol. The molecule has 0 saturated carbocycles. The molecule has 0 N–H and O–H groups in total. The molecular weight excluding hydrogens is 395 g/mol. The van der Waals surface area contributed by atoms with E-state index in [9.17, 15) is 0 Å². The third kappa shape index (κ3) is 6.11. The second-order valence-corrected chi connectivity index (χ2v) is 7.01. The van der Waals surface area contributed by atoms with Gasteiger partial charge in [0.15, 0.2) is 0 Å². The van der Waals surface area contributed by atoms with Crippen LogP contribution in [0.15, 0.2) is 55.1 Å². The van der Waals surface area contributed by atoms with E-state index in [0.717, 1.165) is 25.9 Å². The van der Waals surface area contributed by atoms with E-state index >= 15 is 0 Å². The van der Waals surface area contributed by atoms with E-state index in [-0.39, 0.29) is 0 Å². The third-order valence-electron chi connectivity index (χ3n) is 4.00. The standard InChI is InChI=1S/C21H25IO/c1-3-14-23-15-5-4-8-18-10-12-19(13-11-18)16-20-17(2)7-6-9-21(20)22/h3,6-7,9-13H,1,4-5,8,14-16H2,2H3. The molecule has 2 heteroatoms. The Morgan fingerprint density at radius 3 is 2.48 bits per heavy atom. The number of halogens is 1. The second-order valence-electron chi connectivity index (χ2n) is 5.85. The number of unbranched alkanes of at least 4 members (excludes halogenated alkanes) is 1. The molecule has 23 heavy (non-hydrogen) atoms. The maximum Gasteiger partial charge on any atom is 0.0644 e. The minimum absolute atomic E-state index is 0.659. The highest BCUT2D eigenvalue weighted by atomic mass is 127. The molecule has 0 unspecified atom stereocenters. The van der Waals surface area contributed by atoms with E-state index in [1.54, 1.807) is 6.08 Å². The average molecular weight is 420 g/mol. The van der Waals surface area contributed by atoms with E-state index in [1.807, 2.05) is 0 Å². The van der Waals surface area contributed by atoms with Gasteiger partial charge in [-0.25, -0.2) is 0 Å². The van der Waals surface area contributed by atoms with E-state index in [1.165, 1.54) is 32.2 Å². The molecule has 0 aliphatic rings. The van der Waals surface area contributed by atoms with Crippen LogP contribution in [-0.4, -0.2) is 13.2 Å². The van der Waals surface area contributed by atoms with Crippen LogP contribution in [0, 0.1) is 10.5 Å². The number of rotatable bonds is 9. The molecule has 122 valence electrons. The van der Waals surface area contributed by atoms with Gasteiger partial charge in [-0.15, -0.1) is 6.58 Å². The van der Waals surface area contributed by atoms with Crippen molar-refractivity contribution in [3.05, 3.63) is 80.9 Å². The van der Waals surface area contributed by atoms with Crippen molar-refractivity contribution in [2.45, 2.75) is 32.6 Å². The molecule has 1 nitrogen and oxygen atoms in total. The van der Waals surface area contributed by atoms with Gasteiger partial charge in [-0.2, -0.15) is 0 Å². The lowest BCUT2D eigenvalue weighted by Crippen LogP contribution is -1.97. The fourth-order valence-corrected chi connectivity index (χ4v) is 3.44. The highest BCUT2D eigenvalue weighted by Gasteiger charge is 2.04. The molecule has 0 bridgehead atoms. The van der Waals surface area contributed by atoms with Crippen LogP contribution in [-0.2, 0) is 17.6 Å². The lowest BCUT2D eigenvalue weighted by Gasteiger charge is -2.09. The van der Waals surface area contributed by atoms with Gasteiger partial charge in [0.05, 0.1) is 6.61 Å². The Kier molecular flexibility index (Phi) is 7.83. The van der Waals surface area contributed by atoms with E-state index in [0.29, 0.717) is 6.61 Å². The molecule has 0 aliphatic heterocycles. The molecule has 0 aliphatic carbocycles. The summed E-state index contributed by atoms with van der Waals surface area (Å²) in [4.78, 5) is 0. The lowest BCUT2D eigenvalue weighted by atomic mass is 9.99. The van der Waals surface area contributed by atoms with Crippen molar-refractivity contribution in [2.75, 3.05) is 13.2 Å². The zero-order chi connectivity index (χ0) is 16.5. The maximum absolute atomic E-state index is 5.41. The Morgan fingerprint density at radius 1 is 1.04 bits per heavy atom. The molecule has 0 amide bonds. The second kappa shape index (κ2) is 9.89. The minimum atomic E-state index is 0.659. The van der Waals surface area contributed by atoms with Crippen molar-refractivity contribution in [2.24, 2.45) is 0 Å². The first kappa shape index (κ1) is 18.2. The Morgan fingerprint density at radius 2 is 1.78 bits per heavy atom. The quantitative estimate of drug-likeness (QED) is 0.287. The van der Waals surface area contributed by atoms with Gasteiger partial charge in [-0.1, -0.05) is 42.5 Å². The number of aryl methyl sites for hydroxylation is 2. The van der Waals surface area contributed by atoms with Crippen LogP contribution < -0.4 is 0 Å². The molecule has 0 spiro atoms. The van der Waals surface area contributed by atoms with E-state index < -0.39 is 0 Å². The molecule has 2 rings (SSSR count). The summed E-state index contributed by atoms with van der Waals surface area (Å²) in [7, 11) is 0. The van der Waals surface area contributed by atoms with Gasteiger partial charge in [-0.3, -0.25) is 0 Å². The van der Waals surface area contributed by atoms with Crippen molar-refractivity contribution >= 4 is 22.6 Å². The van der Waals surface area contributed by atoms with Crippen molar-refractivity contribution in [1.82, 2.24) is 0 Å².